The summed E-state index contributed by atoms with van der Waals surface area (Å²) in [5.41, 5.74) is 1.65. The number of azo groups is 1. The van der Waals surface area contributed by atoms with Crippen LogP contribution in [0.5, 0.6) is 0 Å². The van der Waals surface area contributed by atoms with Gasteiger partial charge in [-0.3, -0.25) is 4.79 Å². The third-order valence-electron chi connectivity index (χ3n) is 3.09. The largest absolute Gasteiger partial charge is 0.510 e. The number of aliphatic hydroxyl groups is 1. The third-order valence-corrected chi connectivity index (χ3v) is 3.09. The lowest BCUT2D eigenvalue weighted by Crippen LogP contribution is -2.25. The van der Waals surface area contributed by atoms with Crippen LogP contribution in [0.1, 0.15) is 32.3 Å². The van der Waals surface area contributed by atoms with Crippen molar-refractivity contribution < 1.29 is 9.90 Å². The Morgan fingerprint density at radius 1 is 1.21 bits per heavy atom. The Morgan fingerprint density at radius 3 is 2.58 bits per heavy atom. The van der Waals surface area contributed by atoms with E-state index in [0.717, 1.165) is 5.56 Å². The van der Waals surface area contributed by atoms with Crippen LogP contribution in [0.3, 0.4) is 0 Å². The first-order chi connectivity index (χ1) is 8.87. The summed E-state index contributed by atoms with van der Waals surface area (Å²) in [6, 6.07) is 7.53. The van der Waals surface area contributed by atoms with Crippen molar-refractivity contribution in [2.24, 2.45) is 15.6 Å². The maximum absolute atomic E-state index is 11.9. The quantitative estimate of drug-likeness (QED) is 0.806. The molecule has 0 atom stereocenters. The molecule has 0 heterocycles. The lowest BCUT2D eigenvalue weighted by atomic mass is 9.78. The molecule has 0 unspecified atom stereocenters. The summed E-state index contributed by atoms with van der Waals surface area (Å²) < 4.78 is 0. The molecule has 0 bridgehead atoms. The first-order valence-corrected chi connectivity index (χ1v) is 6.31. The lowest BCUT2D eigenvalue weighted by Gasteiger charge is -2.27. The predicted molar refractivity (Wildman–Crippen MR) is 73.4 cm³/mol. The second-order valence-electron chi connectivity index (χ2n) is 5.78. The van der Waals surface area contributed by atoms with Gasteiger partial charge in [-0.1, -0.05) is 26.0 Å². The van der Waals surface area contributed by atoms with E-state index < -0.39 is 0 Å². The van der Waals surface area contributed by atoms with Gasteiger partial charge in [-0.15, -0.1) is 5.11 Å². The van der Waals surface area contributed by atoms with Crippen LogP contribution in [0, 0.1) is 12.3 Å². The SMILES string of the molecule is Cc1cccc(N=NC2=C(O)CC(C)(C)CC2=O)c1. The highest BCUT2D eigenvalue weighted by atomic mass is 16.3. The molecule has 0 aliphatic heterocycles. The fraction of sp³-hybridized carbons (Fsp3) is 0.400. The first-order valence-electron chi connectivity index (χ1n) is 6.31. The predicted octanol–water partition coefficient (Wildman–Crippen LogP) is 4.24. The zero-order chi connectivity index (χ0) is 14.0. The Hall–Kier alpha value is -1.97. The van der Waals surface area contributed by atoms with Crippen molar-refractivity contribution in [1.82, 2.24) is 0 Å². The molecule has 0 spiro atoms. The topological polar surface area (TPSA) is 62.0 Å². The number of Topliss-reactive ketones (excluding diaryl/α,β-unsaturated/α-hetero) is 1. The zero-order valence-electron chi connectivity index (χ0n) is 11.5. The molecule has 0 fully saturated rings. The van der Waals surface area contributed by atoms with Gasteiger partial charge < -0.3 is 5.11 Å². The highest BCUT2D eigenvalue weighted by Gasteiger charge is 2.33. The van der Waals surface area contributed by atoms with Gasteiger partial charge in [-0.2, -0.15) is 5.11 Å². The summed E-state index contributed by atoms with van der Waals surface area (Å²) in [7, 11) is 0. The normalized spacial score (nSPS) is 19.2. The maximum Gasteiger partial charge on any atom is 0.187 e. The molecule has 1 aromatic carbocycles. The fourth-order valence-corrected chi connectivity index (χ4v) is 2.19. The summed E-state index contributed by atoms with van der Waals surface area (Å²) in [6.07, 6.45) is 0.847. The standard InChI is InChI=1S/C15H18N2O2/c1-10-5-4-6-11(7-10)16-17-14-12(18)8-15(2,3)9-13(14)19/h4-7,18H,8-9H2,1-3H3. The van der Waals surface area contributed by atoms with E-state index in [9.17, 15) is 9.90 Å². The second kappa shape index (κ2) is 4.96. The van der Waals surface area contributed by atoms with Gasteiger partial charge in [0.15, 0.2) is 11.5 Å². The molecule has 0 amide bonds. The Labute approximate surface area is 112 Å². The summed E-state index contributed by atoms with van der Waals surface area (Å²) in [5.74, 6) is -0.109. The fourth-order valence-electron chi connectivity index (χ4n) is 2.19. The minimum absolute atomic E-state index is 0.0395. The third kappa shape index (κ3) is 3.28. The van der Waals surface area contributed by atoms with Crippen molar-refractivity contribution in [3.63, 3.8) is 0 Å². The number of nitrogens with zero attached hydrogens (tertiary/aromatic N) is 2. The molecule has 4 heteroatoms. The first kappa shape index (κ1) is 13.5. The summed E-state index contributed by atoms with van der Waals surface area (Å²) in [6.45, 7) is 5.87. The van der Waals surface area contributed by atoms with E-state index in [-0.39, 0.29) is 22.7 Å². The Balaban J connectivity index is 2.25. The van der Waals surface area contributed by atoms with Crippen LogP contribution in [0.4, 0.5) is 5.69 Å². The van der Waals surface area contributed by atoms with E-state index in [4.69, 9.17) is 0 Å². The van der Waals surface area contributed by atoms with Crippen LogP contribution < -0.4 is 0 Å². The van der Waals surface area contributed by atoms with Gasteiger partial charge in [-0.05, 0) is 30.0 Å². The van der Waals surface area contributed by atoms with Crippen LogP contribution in [0.15, 0.2) is 46.0 Å². The van der Waals surface area contributed by atoms with E-state index in [1.54, 1.807) is 0 Å². The van der Waals surface area contributed by atoms with Gasteiger partial charge in [0.25, 0.3) is 0 Å². The van der Waals surface area contributed by atoms with Crippen molar-refractivity contribution in [1.29, 1.82) is 0 Å². The number of allylic oxidation sites excluding steroid dienone is 2. The van der Waals surface area contributed by atoms with Crippen molar-refractivity contribution in [3.05, 3.63) is 41.3 Å². The highest BCUT2D eigenvalue weighted by molar-refractivity contribution is 5.96. The van der Waals surface area contributed by atoms with E-state index in [0.29, 0.717) is 18.5 Å². The number of hydrogen-bond donors (Lipinski definition) is 1. The molecule has 2 rings (SSSR count). The summed E-state index contributed by atoms with van der Waals surface area (Å²) in [4.78, 5) is 11.9. The van der Waals surface area contributed by atoms with Gasteiger partial charge >= 0.3 is 0 Å². The number of benzene rings is 1. The molecule has 0 aromatic heterocycles. The average Bonchev–Trinajstić information content (AvgIpc) is 2.26. The average molecular weight is 258 g/mol. The number of rotatable bonds is 2. The van der Waals surface area contributed by atoms with Crippen LogP contribution in [0.25, 0.3) is 0 Å². The van der Waals surface area contributed by atoms with Gasteiger partial charge in [0.1, 0.15) is 5.76 Å². The monoisotopic (exact) mass is 258 g/mol. The number of aliphatic hydroxyl groups excluding tert-OH is 1. The lowest BCUT2D eigenvalue weighted by molar-refractivity contribution is -0.118. The second-order valence-corrected chi connectivity index (χ2v) is 5.78. The molecular formula is C15H18N2O2. The van der Waals surface area contributed by atoms with Crippen molar-refractivity contribution >= 4 is 11.5 Å². The Morgan fingerprint density at radius 2 is 1.95 bits per heavy atom. The molecule has 1 aliphatic rings. The number of ketones is 1. The number of carbonyl (C=O) groups is 1. The number of carbonyl (C=O) groups excluding carboxylic acids is 1. The van der Waals surface area contributed by atoms with E-state index in [1.165, 1.54) is 0 Å². The molecular weight excluding hydrogens is 240 g/mol. The van der Waals surface area contributed by atoms with Gasteiger partial charge in [0.2, 0.25) is 0 Å². The Bertz CT molecular complexity index is 571. The smallest absolute Gasteiger partial charge is 0.187 e. The van der Waals surface area contributed by atoms with Gasteiger partial charge in [-0.25, -0.2) is 0 Å². The van der Waals surface area contributed by atoms with Crippen molar-refractivity contribution in [2.75, 3.05) is 0 Å². The summed E-state index contributed by atoms with van der Waals surface area (Å²) in [5, 5.41) is 17.9. The number of hydrogen-bond acceptors (Lipinski definition) is 4. The molecule has 1 aromatic rings. The van der Waals surface area contributed by atoms with Crippen molar-refractivity contribution in [2.45, 2.75) is 33.6 Å². The summed E-state index contributed by atoms with van der Waals surface area (Å²) >= 11 is 0. The van der Waals surface area contributed by atoms with Crippen LogP contribution in [-0.2, 0) is 4.79 Å². The zero-order valence-corrected chi connectivity index (χ0v) is 11.5. The molecule has 19 heavy (non-hydrogen) atoms. The number of aryl methyl sites for hydroxylation is 1. The van der Waals surface area contributed by atoms with Crippen molar-refractivity contribution in [3.8, 4) is 0 Å². The van der Waals surface area contributed by atoms with Crippen LogP contribution >= 0.6 is 0 Å². The molecule has 1 aliphatic carbocycles. The van der Waals surface area contributed by atoms with E-state index >= 15 is 0 Å². The molecule has 0 saturated carbocycles. The molecule has 1 N–H and O–H groups in total. The van der Waals surface area contributed by atoms with E-state index in [1.807, 2.05) is 45.0 Å². The molecule has 100 valence electrons. The molecule has 0 saturated heterocycles. The molecule has 0 radical (unpaired) electrons. The highest BCUT2D eigenvalue weighted by Crippen LogP contribution is 2.36. The maximum atomic E-state index is 11.9. The Kier molecular flexibility index (Phi) is 3.51. The van der Waals surface area contributed by atoms with Gasteiger partial charge in [0, 0.05) is 12.8 Å². The van der Waals surface area contributed by atoms with Gasteiger partial charge in [0.05, 0.1) is 5.69 Å². The van der Waals surface area contributed by atoms with Crippen LogP contribution in [-0.4, -0.2) is 10.9 Å². The molecule has 4 nitrogen and oxygen atoms in total. The minimum atomic E-state index is -0.205. The van der Waals surface area contributed by atoms with E-state index in [2.05, 4.69) is 10.2 Å². The minimum Gasteiger partial charge on any atom is -0.510 e. The van der Waals surface area contributed by atoms with Crippen LogP contribution in [0.2, 0.25) is 0 Å².